The molecule has 1 aliphatic heterocycles. The highest BCUT2D eigenvalue weighted by atomic mass is 16.2. The minimum Gasteiger partial charge on any atom is -0.336 e. The van der Waals surface area contributed by atoms with Crippen LogP contribution in [-0.4, -0.2) is 58.8 Å². The van der Waals surface area contributed by atoms with Gasteiger partial charge in [-0.15, -0.1) is 0 Å². The monoisotopic (exact) mass is 420 g/mol. The Morgan fingerprint density at radius 2 is 1.74 bits per heavy atom. The lowest BCUT2D eigenvalue weighted by molar-refractivity contribution is -0.119. The molecule has 0 bridgehead atoms. The van der Waals surface area contributed by atoms with Gasteiger partial charge >= 0.3 is 0 Å². The van der Waals surface area contributed by atoms with Crippen molar-refractivity contribution in [2.75, 3.05) is 31.5 Å². The van der Waals surface area contributed by atoms with Crippen molar-refractivity contribution in [3.05, 3.63) is 48.3 Å². The Kier molecular flexibility index (Phi) is 6.66. The van der Waals surface area contributed by atoms with Crippen molar-refractivity contribution in [2.24, 2.45) is 5.92 Å². The summed E-state index contributed by atoms with van der Waals surface area (Å²) in [6.07, 6.45) is 7.64. The molecule has 1 aliphatic carbocycles. The number of pyridine rings is 1. The molecule has 1 saturated carbocycles. The number of anilines is 1. The summed E-state index contributed by atoms with van der Waals surface area (Å²) in [6, 6.07) is 10.2. The number of amides is 2. The van der Waals surface area contributed by atoms with Gasteiger partial charge in [-0.3, -0.25) is 19.5 Å². The van der Waals surface area contributed by atoms with Crippen molar-refractivity contribution < 1.29 is 9.59 Å². The minimum absolute atomic E-state index is 0.0310. The number of nitrogens with one attached hydrogen (secondary N) is 1. The van der Waals surface area contributed by atoms with Crippen LogP contribution in [-0.2, 0) is 4.79 Å². The fourth-order valence-electron chi connectivity index (χ4n) is 4.55. The predicted octanol–water partition coefficient (Wildman–Crippen LogP) is 4.04. The van der Waals surface area contributed by atoms with E-state index in [-0.39, 0.29) is 17.7 Å². The topological polar surface area (TPSA) is 65.5 Å². The lowest BCUT2D eigenvalue weighted by Crippen LogP contribution is -2.50. The summed E-state index contributed by atoms with van der Waals surface area (Å²) >= 11 is 0. The number of nitrogens with zero attached hydrogens (tertiary/aromatic N) is 3. The van der Waals surface area contributed by atoms with E-state index in [4.69, 9.17) is 0 Å². The lowest BCUT2D eigenvalue weighted by Gasteiger charge is -2.36. The molecule has 4 rings (SSSR count). The number of hydrogen-bond donors (Lipinski definition) is 1. The third-order valence-electron chi connectivity index (χ3n) is 6.51. The fourth-order valence-corrected chi connectivity index (χ4v) is 4.55. The Morgan fingerprint density at radius 3 is 2.45 bits per heavy atom. The van der Waals surface area contributed by atoms with E-state index >= 15 is 0 Å². The molecule has 1 N–H and O–H groups in total. The summed E-state index contributed by atoms with van der Waals surface area (Å²) in [5.74, 6) is 0.267. The summed E-state index contributed by atoms with van der Waals surface area (Å²) in [7, 11) is 0. The lowest BCUT2D eigenvalue weighted by atomic mass is 10.0. The van der Waals surface area contributed by atoms with Crippen LogP contribution in [0.15, 0.2) is 42.7 Å². The van der Waals surface area contributed by atoms with Gasteiger partial charge in [0.2, 0.25) is 5.91 Å². The number of carbonyl (C=O) groups is 2. The molecule has 2 amide bonds. The van der Waals surface area contributed by atoms with Crippen molar-refractivity contribution in [2.45, 2.75) is 45.6 Å². The van der Waals surface area contributed by atoms with Crippen molar-refractivity contribution in [3.8, 4) is 11.1 Å². The highest BCUT2D eigenvalue weighted by molar-refractivity contribution is 5.96. The van der Waals surface area contributed by atoms with E-state index < -0.39 is 0 Å². The molecule has 1 aromatic heterocycles. The van der Waals surface area contributed by atoms with Crippen molar-refractivity contribution in [1.82, 2.24) is 14.8 Å². The van der Waals surface area contributed by atoms with Gasteiger partial charge in [-0.05, 0) is 50.5 Å². The van der Waals surface area contributed by atoms with Crippen LogP contribution < -0.4 is 5.32 Å². The van der Waals surface area contributed by atoms with E-state index in [0.717, 1.165) is 68.7 Å². The number of carbonyl (C=O) groups excluding carboxylic acids is 2. The van der Waals surface area contributed by atoms with Crippen LogP contribution in [0.1, 0.15) is 49.9 Å². The van der Waals surface area contributed by atoms with Crippen LogP contribution in [0.4, 0.5) is 5.69 Å². The van der Waals surface area contributed by atoms with Gasteiger partial charge in [-0.25, -0.2) is 0 Å². The average molecular weight is 421 g/mol. The van der Waals surface area contributed by atoms with Crippen LogP contribution >= 0.6 is 0 Å². The zero-order chi connectivity index (χ0) is 21.8. The van der Waals surface area contributed by atoms with E-state index in [0.29, 0.717) is 11.6 Å². The summed E-state index contributed by atoms with van der Waals surface area (Å²) in [5, 5.41) is 3.06. The first kappa shape index (κ1) is 21.5. The molecular weight excluding hydrogens is 388 g/mol. The predicted molar refractivity (Wildman–Crippen MR) is 123 cm³/mol. The smallest absolute Gasteiger partial charge is 0.255 e. The zero-order valence-electron chi connectivity index (χ0n) is 18.5. The molecule has 0 radical (unpaired) electrons. The molecule has 2 heterocycles. The number of benzene rings is 1. The van der Waals surface area contributed by atoms with Gasteiger partial charge in [0.25, 0.3) is 5.91 Å². The SMILES string of the molecule is CC(C)N1CCN(C(=O)c2cncc(-c3cccc(NC(=O)C4CCCC4)c3)c2)CC1. The highest BCUT2D eigenvalue weighted by Gasteiger charge is 2.24. The van der Waals surface area contributed by atoms with Crippen LogP contribution in [0.25, 0.3) is 11.1 Å². The largest absolute Gasteiger partial charge is 0.336 e. The maximum absolute atomic E-state index is 13.0. The summed E-state index contributed by atoms with van der Waals surface area (Å²) in [5.41, 5.74) is 3.21. The first-order chi connectivity index (χ1) is 15.0. The normalized spacial score (nSPS) is 17.8. The van der Waals surface area contributed by atoms with E-state index in [2.05, 4.69) is 29.0 Å². The summed E-state index contributed by atoms with van der Waals surface area (Å²) in [6.45, 7) is 7.66. The molecular formula is C25H32N4O2. The second-order valence-corrected chi connectivity index (χ2v) is 8.94. The number of piperazine rings is 1. The minimum atomic E-state index is 0.0310. The van der Waals surface area contributed by atoms with Crippen molar-refractivity contribution >= 4 is 17.5 Å². The molecule has 2 fully saturated rings. The van der Waals surface area contributed by atoms with Crippen LogP contribution in [0.2, 0.25) is 0 Å². The number of rotatable bonds is 5. The Labute approximate surface area is 184 Å². The molecule has 164 valence electrons. The first-order valence-corrected chi connectivity index (χ1v) is 11.4. The van der Waals surface area contributed by atoms with Gasteiger partial charge < -0.3 is 10.2 Å². The molecule has 31 heavy (non-hydrogen) atoms. The van der Waals surface area contributed by atoms with E-state index in [9.17, 15) is 9.59 Å². The standard InChI is InChI=1S/C25H32N4O2/c1-18(2)28-10-12-29(13-11-28)25(31)22-14-21(16-26-17-22)20-8-5-9-23(15-20)27-24(30)19-6-3-4-7-19/h5,8-9,14-19H,3-4,6-7,10-13H2,1-2H3,(H,27,30). The quantitative estimate of drug-likeness (QED) is 0.793. The first-order valence-electron chi connectivity index (χ1n) is 11.4. The van der Waals surface area contributed by atoms with E-state index in [1.807, 2.05) is 35.2 Å². The summed E-state index contributed by atoms with van der Waals surface area (Å²) in [4.78, 5) is 34.1. The average Bonchev–Trinajstić information content (AvgIpc) is 3.34. The molecule has 6 nitrogen and oxygen atoms in total. The van der Waals surface area contributed by atoms with E-state index in [1.54, 1.807) is 12.4 Å². The van der Waals surface area contributed by atoms with Gasteiger partial charge in [0, 0.05) is 61.8 Å². The van der Waals surface area contributed by atoms with Gasteiger partial charge in [0.1, 0.15) is 0 Å². The van der Waals surface area contributed by atoms with Crippen LogP contribution in [0, 0.1) is 5.92 Å². The molecule has 0 unspecified atom stereocenters. The van der Waals surface area contributed by atoms with E-state index in [1.165, 1.54) is 0 Å². The Hall–Kier alpha value is -2.73. The molecule has 1 aromatic carbocycles. The zero-order valence-corrected chi connectivity index (χ0v) is 18.5. The van der Waals surface area contributed by atoms with Gasteiger partial charge in [-0.1, -0.05) is 25.0 Å². The van der Waals surface area contributed by atoms with Crippen LogP contribution in [0.3, 0.4) is 0 Å². The van der Waals surface area contributed by atoms with Crippen molar-refractivity contribution in [1.29, 1.82) is 0 Å². The molecule has 6 heteroatoms. The molecule has 1 saturated heterocycles. The van der Waals surface area contributed by atoms with Gasteiger partial charge in [0.05, 0.1) is 5.56 Å². The second-order valence-electron chi connectivity index (χ2n) is 8.94. The van der Waals surface area contributed by atoms with Crippen molar-refractivity contribution in [3.63, 3.8) is 0 Å². The third kappa shape index (κ3) is 5.13. The fraction of sp³-hybridized carbons (Fsp3) is 0.480. The van der Waals surface area contributed by atoms with Gasteiger partial charge in [0.15, 0.2) is 0 Å². The second kappa shape index (κ2) is 9.60. The number of aromatic nitrogens is 1. The third-order valence-corrected chi connectivity index (χ3v) is 6.51. The summed E-state index contributed by atoms with van der Waals surface area (Å²) < 4.78 is 0. The van der Waals surface area contributed by atoms with Gasteiger partial charge in [-0.2, -0.15) is 0 Å². The Bertz CT molecular complexity index is 929. The number of hydrogen-bond acceptors (Lipinski definition) is 4. The highest BCUT2D eigenvalue weighted by Crippen LogP contribution is 2.28. The maximum atomic E-state index is 13.0. The maximum Gasteiger partial charge on any atom is 0.255 e. The molecule has 2 aliphatic rings. The molecule has 0 spiro atoms. The van der Waals surface area contributed by atoms with Crippen LogP contribution in [0.5, 0.6) is 0 Å². The Balaban J connectivity index is 1.45. The molecule has 2 aromatic rings. The molecule has 0 atom stereocenters. The Morgan fingerprint density at radius 1 is 1.00 bits per heavy atom.